The van der Waals surface area contributed by atoms with Gasteiger partial charge in [0.2, 0.25) is 0 Å². The quantitative estimate of drug-likeness (QED) is 0.147. The molecule has 0 aliphatic rings. The van der Waals surface area contributed by atoms with Crippen LogP contribution >= 0.6 is 35.0 Å². The summed E-state index contributed by atoms with van der Waals surface area (Å²) in [6.07, 6.45) is 1.48. The van der Waals surface area contributed by atoms with Crippen LogP contribution in [-0.2, 0) is 11.4 Å². The zero-order valence-electron chi connectivity index (χ0n) is 20.3. The number of carbonyl (C=O) groups is 1. The fraction of sp³-hybridized carbons (Fsp3) is 0.148. The van der Waals surface area contributed by atoms with E-state index >= 15 is 0 Å². The normalized spacial score (nSPS) is 11.3. The molecule has 0 spiro atoms. The molecule has 0 unspecified atom stereocenters. The molecule has 3 aromatic carbocycles. The number of aliphatic carboxylic acids is 1. The van der Waals surface area contributed by atoms with Crippen molar-refractivity contribution < 1.29 is 28.5 Å². The number of halogens is 2. The molecule has 1 heterocycles. The number of rotatable bonds is 11. The first-order valence-electron chi connectivity index (χ1n) is 11.3. The lowest BCUT2D eigenvalue weighted by atomic mass is 10.2. The molecule has 1 aromatic heterocycles. The maximum absolute atomic E-state index is 12.0. The van der Waals surface area contributed by atoms with Crippen LogP contribution in [-0.4, -0.2) is 35.0 Å². The molecular weight excluding hydrogens is 551 g/mol. The van der Waals surface area contributed by atoms with Crippen LogP contribution in [0.25, 0.3) is 17.5 Å². The highest BCUT2D eigenvalue weighted by Crippen LogP contribution is 2.36. The first-order valence-corrected chi connectivity index (χ1v) is 12.9. The predicted molar refractivity (Wildman–Crippen MR) is 146 cm³/mol. The van der Waals surface area contributed by atoms with Crippen molar-refractivity contribution in [3.63, 3.8) is 0 Å². The van der Waals surface area contributed by atoms with Gasteiger partial charge in [0.15, 0.2) is 11.5 Å². The summed E-state index contributed by atoms with van der Waals surface area (Å²) in [4.78, 5) is 12.0. The number of benzene rings is 3. The summed E-state index contributed by atoms with van der Waals surface area (Å²) in [6, 6.07) is 17.5. The Morgan fingerprint density at radius 1 is 1.03 bits per heavy atom. The molecule has 196 valence electrons. The van der Waals surface area contributed by atoms with Gasteiger partial charge in [0.25, 0.3) is 11.1 Å². The van der Waals surface area contributed by atoms with Crippen molar-refractivity contribution in [1.29, 1.82) is 0 Å². The molecule has 0 radical (unpaired) electrons. The second-order valence-electron chi connectivity index (χ2n) is 7.65. The van der Waals surface area contributed by atoms with E-state index in [1.807, 2.05) is 25.1 Å². The van der Waals surface area contributed by atoms with Crippen molar-refractivity contribution in [3.8, 4) is 28.7 Å². The summed E-state index contributed by atoms with van der Waals surface area (Å²) in [5.74, 6) is 0.452. The number of ether oxygens (including phenoxy) is 3. The molecule has 8 nitrogen and oxygen atoms in total. The molecule has 11 heteroatoms. The Balaban J connectivity index is 1.56. The van der Waals surface area contributed by atoms with Crippen molar-refractivity contribution in [1.82, 2.24) is 10.2 Å². The molecule has 0 atom stereocenters. The van der Waals surface area contributed by atoms with E-state index in [2.05, 4.69) is 10.2 Å². The topological polar surface area (TPSA) is 104 Å². The number of thioether (sulfide) groups is 1. The van der Waals surface area contributed by atoms with Crippen LogP contribution in [0.15, 0.2) is 75.2 Å². The summed E-state index contributed by atoms with van der Waals surface area (Å²) in [6.45, 7) is 2.50. The number of nitrogens with zero attached hydrogens (tertiary/aromatic N) is 2. The Morgan fingerprint density at radius 2 is 1.82 bits per heavy atom. The van der Waals surface area contributed by atoms with E-state index in [9.17, 15) is 9.90 Å². The molecule has 0 saturated heterocycles. The van der Waals surface area contributed by atoms with Crippen LogP contribution < -0.4 is 14.2 Å². The van der Waals surface area contributed by atoms with Gasteiger partial charge in [-0.05, 0) is 66.7 Å². The van der Waals surface area contributed by atoms with Gasteiger partial charge in [-0.1, -0.05) is 47.5 Å². The molecular formula is C27H22Cl2N2O6S. The van der Waals surface area contributed by atoms with E-state index < -0.39 is 5.97 Å². The maximum Gasteiger partial charge on any atom is 0.342 e. The minimum absolute atomic E-state index is 0.0366. The third-order valence-corrected chi connectivity index (χ3v) is 6.57. The molecule has 1 N–H and O–H groups in total. The third kappa shape index (κ3) is 6.80. The Bertz CT molecular complexity index is 1470. The number of carboxylic acids is 1. The fourth-order valence-electron chi connectivity index (χ4n) is 3.36. The van der Waals surface area contributed by atoms with Crippen LogP contribution in [0.1, 0.15) is 18.1 Å². The molecule has 0 amide bonds. The molecule has 0 bridgehead atoms. The van der Waals surface area contributed by atoms with Gasteiger partial charge in [-0.3, -0.25) is 0 Å². The van der Waals surface area contributed by atoms with Crippen molar-refractivity contribution in [2.75, 3.05) is 13.7 Å². The Kier molecular flexibility index (Phi) is 9.17. The Hall–Kier alpha value is -3.66. The maximum atomic E-state index is 12.0. The standard InChI is InChI=1S/C27H22Cl2N2O6S/c1-3-35-23-12-16(8-10-22(23)36-15-17-6-4-5-7-20(17)29)13-24(26(32)33)38-27-31-30-25(37-27)19-14-18(28)9-11-21(19)34-2/h4-14H,3,15H2,1-2H3,(H,32,33)/b24-13-. The van der Waals surface area contributed by atoms with Crippen LogP contribution in [0.3, 0.4) is 0 Å². The minimum Gasteiger partial charge on any atom is -0.496 e. The largest absolute Gasteiger partial charge is 0.496 e. The fourth-order valence-corrected chi connectivity index (χ4v) is 4.40. The van der Waals surface area contributed by atoms with E-state index in [-0.39, 0.29) is 22.6 Å². The van der Waals surface area contributed by atoms with Crippen molar-refractivity contribution in [2.24, 2.45) is 0 Å². The van der Waals surface area contributed by atoms with Gasteiger partial charge in [0.05, 0.1) is 19.3 Å². The molecule has 38 heavy (non-hydrogen) atoms. The van der Waals surface area contributed by atoms with Crippen LogP contribution in [0.4, 0.5) is 0 Å². The monoisotopic (exact) mass is 572 g/mol. The second kappa shape index (κ2) is 12.7. The minimum atomic E-state index is -1.16. The first kappa shape index (κ1) is 27.4. The molecule has 4 aromatic rings. The SMILES string of the molecule is CCOc1cc(/C=C(\Sc2nnc(-c3cc(Cl)ccc3OC)o2)C(=O)O)ccc1OCc1ccccc1Cl. The van der Waals surface area contributed by atoms with E-state index in [4.69, 9.17) is 41.8 Å². The van der Waals surface area contributed by atoms with Gasteiger partial charge in [0.1, 0.15) is 17.3 Å². The lowest BCUT2D eigenvalue weighted by molar-refractivity contribution is -0.131. The second-order valence-corrected chi connectivity index (χ2v) is 9.49. The number of aromatic nitrogens is 2. The Morgan fingerprint density at radius 3 is 2.55 bits per heavy atom. The highest BCUT2D eigenvalue weighted by Gasteiger charge is 2.19. The van der Waals surface area contributed by atoms with Gasteiger partial charge in [-0.15, -0.1) is 10.2 Å². The van der Waals surface area contributed by atoms with E-state index in [0.717, 1.165) is 17.3 Å². The van der Waals surface area contributed by atoms with Crippen LogP contribution in [0.5, 0.6) is 17.2 Å². The smallest absolute Gasteiger partial charge is 0.342 e. The number of carboxylic acid groups (broad SMARTS) is 1. The molecule has 0 saturated carbocycles. The van der Waals surface area contributed by atoms with Gasteiger partial charge in [-0.2, -0.15) is 0 Å². The molecule has 0 aliphatic carbocycles. The van der Waals surface area contributed by atoms with E-state index in [1.54, 1.807) is 42.5 Å². The van der Waals surface area contributed by atoms with Gasteiger partial charge in [-0.25, -0.2) is 4.79 Å². The Labute approximate surface area is 233 Å². The number of methoxy groups -OCH3 is 1. The average molecular weight is 573 g/mol. The summed E-state index contributed by atoms with van der Waals surface area (Å²) < 4.78 is 22.7. The van der Waals surface area contributed by atoms with Crippen LogP contribution in [0.2, 0.25) is 10.0 Å². The summed E-state index contributed by atoms with van der Waals surface area (Å²) >= 11 is 13.1. The third-order valence-electron chi connectivity index (χ3n) is 5.11. The van der Waals surface area contributed by atoms with Crippen molar-refractivity contribution in [2.45, 2.75) is 18.8 Å². The summed E-state index contributed by atoms with van der Waals surface area (Å²) in [5.41, 5.74) is 1.91. The van der Waals surface area contributed by atoms with Gasteiger partial charge in [0, 0.05) is 15.6 Å². The zero-order valence-corrected chi connectivity index (χ0v) is 22.6. The molecule has 0 aliphatic heterocycles. The zero-order chi connectivity index (χ0) is 27.1. The summed E-state index contributed by atoms with van der Waals surface area (Å²) in [7, 11) is 1.51. The lowest BCUT2D eigenvalue weighted by Crippen LogP contribution is -2.01. The first-order chi connectivity index (χ1) is 18.4. The highest BCUT2D eigenvalue weighted by molar-refractivity contribution is 8.03. The van der Waals surface area contributed by atoms with Crippen molar-refractivity contribution >= 4 is 47.0 Å². The van der Waals surface area contributed by atoms with Crippen molar-refractivity contribution in [3.05, 3.63) is 86.7 Å². The summed E-state index contributed by atoms with van der Waals surface area (Å²) in [5, 5.41) is 18.9. The lowest BCUT2D eigenvalue weighted by Gasteiger charge is -2.13. The van der Waals surface area contributed by atoms with E-state index in [1.165, 1.54) is 13.2 Å². The predicted octanol–water partition coefficient (Wildman–Crippen LogP) is 7.25. The highest BCUT2D eigenvalue weighted by atomic mass is 35.5. The molecule has 4 rings (SSSR count). The van der Waals surface area contributed by atoms with Crippen LogP contribution in [0, 0.1) is 0 Å². The average Bonchev–Trinajstić information content (AvgIpc) is 3.37. The van der Waals surface area contributed by atoms with Gasteiger partial charge < -0.3 is 23.7 Å². The molecule has 0 fully saturated rings. The van der Waals surface area contributed by atoms with Gasteiger partial charge >= 0.3 is 5.97 Å². The van der Waals surface area contributed by atoms with E-state index in [0.29, 0.717) is 45.0 Å². The number of hydrogen-bond acceptors (Lipinski definition) is 8. The number of hydrogen-bond donors (Lipinski definition) is 1.